The minimum absolute atomic E-state index is 0. The first-order chi connectivity index (χ1) is 14.2. The highest BCUT2D eigenvalue weighted by molar-refractivity contribution is 14.0. The second kappa shape index (κ2) is 13.0. The van der Waals surface area contributed by atoms with Gasteiger partial charge in [-0.2, -0.15) is 0 Å². The van der Waals surface area contributed by atoms with Crippen LogP contribution in [0.15, 0.2) is 29.3 Å². The van der Waals surface area contributed by atoms with Crippen LogP contribution in [0.4, 0.5) is 5.69 Å². The predicted octanol–water partition coefficient (Wildman–Crippen LogP) is 2.85. The lowest BCUT2D eigenvalue weighted by Crippen LogP contribution is -2.43. The second-order valence-corrected chi connectivity index (χ2v) is 7.82. The van der Waals surface area contributed by atoms with Crippen LogP contribution in [0.3, 0.4) is 0 Å². The number of piperidine rings is 1. The molecule has 3 rings (SSSR count). The van der Waals surface area contributed by atoms with E-state index in [0.717, 1.165) is 49.9 Å². The van der Waals surface area contributed by atoms with Crippen LogP contribution in [0.25, 0.3) is 0 Å². The van der Waals surface area contributed by atoms with Gasteiger partial charge in [-0.3, -0.25) is 9.79 Å². The minimum atomic E-state index is 0. The monoisotopic (exact) mass is 529 g/mol. The van der Waals surface area contributed by atoms with E-state index in [0.29, 0.717) is 12.6 Å². The minimum Gasteiger partial charge on any atom is -0.482 e. The van der Waals surface area contributed by atoms with Gasteiger partial charge >= 0.3 is 0 Å². The summed E-state index contributed by atoms with van der Waals surface area (Å²) in [5.74, 6) is 1.61. The SMILES string of the molecule is CN=C(NCCCN1C(=O)COc2ccccc21)NCCCN1CCCCC1C.I. The highest BCUT2D eigenvalue weighted by atomic mass is 127. The number of anilines is 1. The maximum Gasteiger partial charge on any atom is 0.265 e. The van der Waals surface area contributed by atoms with Crippen molar-refractivity contribution in [1.82, 2.24) is 15.5 Å². The number of carbonyl (C=O) groups excluding carboxylic acids is 1. The van der Waals surface area contributed by atoms with Crippen molar-refractivity contribution in [3.05, 3.63) is 24.3 Å². The van der Waals surface area contributed by atoms with Crippen LogP contribution in [0, 0.1) is 0 Å². The number of carbonyl (C=O) groups is 1. The van der Waals surface area contributed by atoms with Crippen molar-refractivity contribution in [3.63, 3.8) is 0 Å². The maximum atomic E-state index is 12.2. The summed E-state index contributed by atoms with van der Waals surface area (Å²) in [6.07, 6.45) is 5.98. The van der Waals surface area contributed by atoms with Crippen LogP contribution in [-0.4, -0.2) is 69.2 Å². The molecule has 0 aliphatic carbocycles. The Morgan fingerprint density at radius 3 is 2.63 bits per heavy atom. The third kappa shape index (κ3) is 7.01. The highest BCUT2D eigenvalue weighted by Gasteiger charge is 2.24. The Kier molecular flexibility index (Phi) is 10.7. The number of benzene rings is 1. The third-order valence-corrected chi connectivity index (χ3v) is 5.74. The number of nitrogens with zero attached hydrogens (tertiary/aromatic N) is 3. The molecule has 168 valence electrons. The quantitative estimate of drug-likeness (QED) is 0.235. The molecule has 1 aromatic rings. The lowest BCUT2D eigenvalue weighted by Gasteiger charge is -2.33. The number of likely N-dealkylation sites (tertiary alicyclic amines) is 1. The molecule has 0 bridgehead atoms. The molecule has 2 aliphatic heterocycles. The van der Waals surface area contributed by atoms with Crippen molar-refractivity contribution in [2.45, 2.75) is 45.1 Å². The van der Waals surface area contributed by atoms with E-state index in [1.807, 2.05) is 29.2 Å². The first-order valence-corrected chi connectivity index (χ1v) is 10.9. The van der Waals surface area contributed by atoms with Gasteiger partial charge in [0.2, 0.25) is 0 Å². The summed E-state index contributed by atoms with van der Waals surface area (Å²) >= 11 is 0. The lowest BCUT2D eigenvalue weighted by molar-refractivity contribution is -0.121. The van der Waals surface area contributed by atoms with Crippen molar-refractivity contribution in [1.29, 1.82) is 0 Å². The summed E-state index contributed by atoms with van der Waals surface area (Å²) in [7, 11) is 1.80. The van der Waals surface area contributed by atoms with Crippen molar-refractivity contribution < 1.29 is 9.53 Å². The van der Waals surface area contributed by atoms with Gasteiger partial charge in [0.25, 0.3) is 5.91 Å². The van der Waals surface area contributed by atoms with Crippen LogP contribution >= 0.6 is 24.0 Å². The van der Waals surface area contributed by atoms with Crippen LogP contribution in [0.1, 0.15) is 39.0 Å². The van der Waals surface area contributed by atoms with E-state index < -0.39 is 0 Å². The van der Waals surface area contributed by atoms with Gasteiger partial charge in [-0.25, -0.2) is 0 Å². The number of fused-ring (bicyclic) bond motifs is 1. The normalized spacial score (nSPS) is 19.5. The molecule has 2 heterocycles. The van der Waals surface area contributed by atoms with Gasteiger partial charge in [0.1, 0.15) is 5.75 Å². The number of hydrogen-bond donors (Lipinski definition) is 2. The predicted molar refractivity (Wildman–Crippen MR) is 133 cm³/mol. The van der Waals surface area contributed by atoms with Crippen molar-refractivity contribution in [2.75, 3.05) is 51.3 Å². The topological polar surface area (TPSA) is 69.2 Å². The molecule has 30 heavy (non-hydrogen) atoms. The summed E-state index contributed by atoms with van der Waals surface area (Å²) in [4.78, 5) is 20.9. The molecule has 1 fully saturated rings. The number of nitrogens with one attached hydrogen (secondary N) is 2. The molecule has 2 aliphatic rings. The summed E-state index contributed by atoms with van der Waals surface area (Å²) < 4.78 is 5.49. The largest absolute Gasteiger partial charge is 0.482 e. The van der Waals surface area contributed by atoms with E-state index in [1.165, 1.54) is 25.8 Å². The van der Waals surface area contributed by atoms with E-state index in [2.05, 4.69) is 27.4 Å². The Morgan fingerprint density at radius 2 is 1.90 bits per heavy atom. The fourth-order valence-electron chi connectivity index (χ4n) is 4.04. The van der Waals surface area contributed by atoms with Crippen LogP contribution in [0.2, 0.25) is 0 Å². The third-order valence-electron chi connectivity index (χ3n) is 5.74. The molecule has 0 spiro atoms. The number of rotatable bonds is 8. The summed E-state index contributed by atoms with van der Waals surface area (Å²) in [6.45, 7) is 7.17. The Balaban J connectivity index is 0.00000320. The van der Waals surface area contributed by atoms with Crippen LogP contribution in [0.5, 0.6) is 5.75 Å². The number of aliphatic imine (C=N–C) groups is 1. The van der Waals surface area contributed by atoms with Crippen molar-refractivity contribution in [2.24, 2.45) is 4.99 Å². The first-order valence-electron chi connectivity index (χ1n) is 10.9. The molecule has 2 N–H and O–H groups in total. The molecule has 1 saturated heterocycles. The molecule has 1 amide bonds. The highest BCUT2D eigenvalue weighted by Crippen LogP contribution is 2.31. The van der Waals surface area contributed by atoms with Gasteiger partial charge in [-0.15, -0.1) is 24.0 Å². The van der Waals surface area contributed by atoms with E-state index in [1.54, 1.807) is 7.05 Å². The van der Waals surface area contributed by atoms with Crippen molar-refractivity contribution >= 4 is 41.5 Å². The van der Waals surface area contributed by atoms with Gasteiger partial charge in [0.15, 0.2) is 12.6 Å². The molecule has 1 aromatic carbocycles. The van der Waals surface area contributed by atoms with Gasteiger partial charge in [0, 0.05) is 39.3 Å². The number of ether oxygens (including phenoxy) is 1. The number of hydrogen-bond acceptors (Lipinski definition) is 4. The standard InChI is InChI=1S/C22H35N5O2.HI/c1-18-9-5-6-14-26(18)15-7-12-24-22(23-2)25-13-8-16-27-19-10-3-4-11-20(19)29-17-21(27)28;/h3-4,10-11,18H,5-9,12-17H2,1-2H3,(H2,23,24,25);1H. The lowest BCUT2D eigenvalue weighted by atomic mass is 10.0. The van der Waals surface area contributed by atoms with E-state index in [-0.39, 0.29) is 36.5 Å². The molecule has 1 atom stereocenters. The average molecular weight is 529 g/mol. The fourth-order valence-corrected chi connectivity index (χ4v) is 4.04. The van der Waals surface area contributed by atoms with E-state index in [4.69, 9.17) is 4.74 Å². The zero-order valence-electron chi connectivity index (χ0n) is 18.2. The Morgan fingerprint density at radius 1 is 1.17 bits per heavy atom. The van der Waals surface area contributed by atoms with Gasteiger partial charge in [-0.05, 0) is 51.3 Å². The number of halogens is 1. The Bertz CT molecular complexity index is 700. The molecule has 0 aromatic heterocycles. The first kappa shape index (κ1) is 24.7. The molecular formula is C22H36IN5O2. The van der Waals surface area contributed by atoms with Crippen molar-refractivity contribution in [3.8, 4) is 5.75 Å². The Labute approximate surface area is 197 Å². The molecular weight excluding hydrogens is 493 g/mol. The fraction of sp³-hybridized carbons (Fsp3) is 0.636. The average Bonchev–Trinajstić information content (AvgIpc) is 2.75. The molecule has 8 heteroatoms. The second-order valence-electron chi connectivity index (χ2n) is 7.82. The van der Waals surface area contributed by atoms with Crippen LogP contribution < -0.4 is 20.3 Å². The van der Waals surface area contributed by atoms with E-state index >= 15 is 0 Å². The number of guanidine groups is 1. The molecule has 0 radical (unpaired) electrons. The van der Waals surface area contributed by atoms with Gasteiger partial charge < -0.3 is 25.2 Å². The molecule has 0 saturated carbocycles. The summed E-state index contributed by atoms with van der Waals surface area (Å²) in [6, 6.07) is 8.42. The van der Waals surface area contributed by atoms with Crippen LogP contribution in [-0.2, 0) is 4.79 Å². The van der Waals surface area contributed by atoms with Gasteiger partial charge in [0.05, 0.1) is 5.69 Å². The van der Waals surface area contributed by atoms with Gasteiger partial charge in [-0.1, -0.05) is 18.6 Å². The molecule has 7 nitrogen and oxygen atoms in total. The number of amides is 1. The smallest absolute Gasteiger partial charge is 0.265 e. The maximum absolute atomic E-state index is 12.2. The van der Waals surface area contributed by atoms with E-state index in [9.17, 15) is 4.79 Å². The zero-order valence-corrected chi connectivity index (χ0v) is 20.6. The summed E-state index contributed by atoms with van der Waals surface area (Å²) in [5.41, 5.74) is 0.859. The number of para-hydroxylation sites is 2. The zero-order chi connectivity index (χ0) is 20.5. The Hall–Kier alpha value is -1.55. The summed E-state index contributed by atoms with van der Waals surface area (Å²) in [5, 5.41) is 6.75. The molecule has 1 unspecified atom stereocenters.